The van der Waals surface area contributed by atoms with Crippen molar-refractivity contribution in [1.29, 1.82) is 0 Å². The number of rotatable bonds is 4. The van der Waals surface area contributed by atoms with Gasteiger partial charge in [-0.2, -0.15) is 0 Å². The molecule has 3 aliphatic rings. The zero-order valence-corrected chi connectivity index (χ0v) is 14.9. The van der Waals surface area contributed by atoms with E-state index in [4.69, 9.17) is 0 Å². The van der Waals surface area contributed by atoms with Crippen LogP contribution in [0.1, 0.15) is 55.3 Å². The van der Waals surface area contributed by atoms with Gasteiger partial charge in [0.2, 0.25) is 5.91 Å². The van der Waals surface area contributed by atoms with Gasteiger partial charge in [-0.25, -0.2) is 0 Å². The Morgan fingerprint density at radius 3 is 2.48 bits per heavy atom. The molecule has 1 amide bonds. The summed E-state index contributed by atoms with van der Waals surface area (Å²) in [4.78, 5) is 29.4. The Morgan fingerprint density at radius 2 is 1.72 bits per heavy atom. The molecule has 0 aromatic heterocycles. The van der Waals surface area contributed by atoms with Gasteiger partial charge in [0, 0.05) is 37.2 Å². The molecule has 1 aromatic carbocycles. The first-order valence-electron chi connectivity index (χ1n) is 9.84. The number of Topliss-reactive ketones (excluding diaryl/α,β-unsaturated/α-hetero) is 1. The lowest BCUT2D eigenvalue weighted by Gasteiger charge is -2.41. The smallest absolute Gasteiger partial charge is 0.223 e. The standard InChI is InChI=1S/C21H28N2O2/c24-20(16-6-2-1-3-7-16)15-22-12-10-18(11-13-22)23-19-9-5-4-8-17(19)14-21(23)25/h1-3,6-7,17-19H,4-5,8-15H2/t17-,19-/m0/s1. The van der Waals surface area contributed by atoms with Crippen molar-refractivity contribution in [1.82, 2.24) is 9.80 Å². The van der Waals surface area contributed by atoms with Gasteiger partial charge in [0.15, 0.2) is 5.78 Å². The van der Waals surface area contributed by atoms with Gasteiger partial charge in [0.05, 0.1) is 6.54 Å². The summed E-state index contributed by atoms with van der Waals surface area (Å²) < 4.78 is 0. The van der Waals surface area contributed by atoms with E-state index in [0.717, 1.165) is 37.9 Å². The van der Waals surface area contributed by atoms with E-state index in [1.807, 2.05) is 30.3 Å². The number of amides is 1. The number of ketones is 1. The van der Waals surface area contributed by atoms with Crippen LogP contribution in [0.25, 0.3) is 0 Å². The van der Waals surface area contributed by atoms with Gasteiger partial charge >= 0.3 is 0 Å². The van der Waals surface area contributed by atoms with Crippen molar-refractivity contribution in [2.75, 3.05) is 19.6 Å². The van der Waals surface area contributed by atoms with Crippen LogP contribution in [0.15, 0.2) is 30.3 Å². The van der Waals surface area contributed by atoms with E-state index < -0.39 is 0 Å². The quantitative estimate of drug-likeness (QED) is 0.791. The summed E-state index contributed by atoms with van der Waals surface area (Å²) >= 11 is 0. The molecule has 2 aliphatic heterocycles. The summed E-state index contributed by atoms with van der Waals surface area (Å²) in [5.41, 5.74) is 0.796. The Kier molecular flexibility index (Phi) is 4.89. The van der Waals surface area contributed by atoms with E-state index in [1.165, 1.54) is 25.7 Å². The van der Waals surface area contributed by atoms with Gasteiger partial charge in [0.25, 0.3) is 0 Å². The number of nitrogens with zero attached hydrogens (tertiary/aromatic N) is 2. The number of piperidine rings is 1. The van der Waals surface area contributed by atoms with Crippen molar-refractivity contribution < 1.29 is 9.59 Å². The minimum atomic E-state index is 0.198. The lowest BCUT2D eigenvalue weighted by molar-refractivity contribution is -0.132. The van der Waals surface area contributed by atoms with Crippen molar-refractivity contribution in [2.24, 2.45) is 5.92 Å². The fourth-order valence-electron chi connectivity index (χ4n) is 5.06. The normalized spacial score (nSPS) is 28.2. The molecule has 2 atom stereocenters. The van der Waals surface area contributed by atoms with E-state index in [2.05, 4.69) is 9.80 Å². The fraction of sp³-hybridized carbons (Fsp3) is 0.619. The summed E-state index contributed by atoms with van der Waals surface area (Å²) in [6.07, 6.45) is 7.80. The van der Waals surface area contributed by atoms with Gasteiger partial charge < -0.3 is 4.90 Å². The Bertz CT molecular complexity index is 622. The lowest BCUT2D eigenvalue weighted by Crippen LogP contribution is -2.50. The van der Waals surface area contributed by atoms with Crippen LogP contribution in [-0.4, -0.2) is 53.2 Å². The van der Waals surface area contributed by atoms with Crippen LogP contribution in [0.2, 0.25) is 0 Å². The Hall–Kier alpha value is -1.68. The maximum atomic E-state index is 12.5. The SMILES string of the molecule is O=C(CN1CCC(N2C(=O)C[C@@H]3CCCC[C@@H]32)CC1)c1ccccc1. The predicted octanol–water partition coefficient (Wildman–Crippen LogP) is 3.12. The van der Waals surface area contributed by atoms with Crippen molar-refractivity contribution in [3.8, 4) is 0 Å². The van der Waals surface area contributed by atoms with Crippen LogP contribution >= 0.6 is 0 Å². The van der Waals surface area contributed by atoms with Crippen molar-refractivity contribution >= 4 is 11.7 Å². The molecule has 1 aliphatic carbocycles. The fourth-order valence-corrected chi connectivity index (χ4v) is 5.06. The molecule has 4 rings (SSSR count). The number of carbonyl (C=O) groups excluding carboxylic acids is 2. The number of benzene rings is 1. The van der Waals surface area contributed by atoms with Crippen molar-refractivity contribution in [2.45, 2.75) is 57.0 Å². The second-order valence-corrected chi connectivity index (χ2v) is 7.91. The topological polar surface area (TPSA) is 40.6 Å². The molecule has 4 heteroatoms. The van der Waals surface area contributed by atoms with Gasteiger partial charge in [-0.1, -0.05) is 43.2 Å². The van der Waals surface area contributed by atoms with Gasteiger partial charge in [-0.05, 0) is 31.6 Å². The molecule has 0 radical (unpaired) electrons. The number of carbonyl (C=O) groups is 2. The molecule has 2 heterocycles. The number of hydrogen-bond acceptors (Lipinski definition) is 3. The zero-order valence-electron chi connectivity index (χ0n) is 14.9. The van der Waals surface area contributed by atoms with Gasteiger partial charge in [-0.3, -0.25) is 14.5 Å². The number of fused-ring (bicyclic) bond motifs is 1. The van der Waals surface area contributed by atoms with E-state index in [-0.39, 0.29) is 5.78 Å². The number of likely N-dealkylation sites (tertiary alicyclic amines) is 2. The highest BCUT2D eigenvalue weighted by Crippen LogP contribution is 2.39. The molecule has 25 heavy (non-hydrogen) atoms. The van der Waals surface area contributed by atoms with Crippen molar-refractivity contribution in [3.05, 3.63) is 35.9 Å². The molecule has 134 valence electrons. The third kappa shape index (κ3) is 3.50. The maximum absolute atomic E-state index is 12.5. The molecular weight excluding hydrogens is 312 g/mol. The van der Waals surface area contributed by atoms with Crippen LogP contribution in [0.5, 0.6) is 0 Å². The highest BCUT2D eigenvalue weighted by molar-refractivity contribution is 5.97. The first-order chi connectivity index (χ1) is 12.2. The van der Waals surface area contributed by atoms with Crippen LogP contribution in [-0.2, 0) is 4.79 Å². The second-order valence-electron chi connectivity index (χ2n) is 7.91. The summed E-state index contributed by atoms with van der Waals surface area (Å²) in [5, 5.41) is 0. The maximum Gasteiger partial charge on any atom is 0.223 e. The average Bonchev–Trinajstić information content (AvgIpc) is 2.99. The van der Waals surface area contributed by atoms with Crippen LogP contribution in [0, 0.1) is 5.92 Å². The molecule has 1 saturated carbocycles. The first-order valence-corrected chi connectivity index (χ1v) is 9.84. The Labute approximate surface area is 150 Å². The third-order valence-electron chi connectivity index (χ3n) is 6.36. The van der Waals surface area contributed by atoms with Gasteiger partial charge in [-0.15, -0.1) is 0 Å². The summed E-state index contributed by atoms with van der Waals surface area (Å²) in [7, 11) is 0. The second kappa shape index (κ2) is 7.28. The summed E-state index contributed by atoms with van der Waals surface area (Å²) in [5.74, 6) is 1.19. The molecule has 0 bridgehead atoms. The van der Waals surface area contributed by atoms with Crippen LogP contribution in [0.3, 0.4) is 0 Å². The molecular formula is C21H28N2O2. The Balaban J connectivity index is 1.32. The van der Waals surface area contributed by atoms with Crippen molar-refractivity contribution in [3.63, 3.8) is 0 Å². The monoisotopic (exact) mass is 340 g/mol. The minimum Gasteiger partial charge on any atom is -0.336 e. The number of hydrogen-bond donors (Lipinski definition) is 0. The highest BCUT2D eigenvalue weighted by Gasteiger charge is 2.44. The van der Waals surface area contributed by atoms with Gasteiger partial charge in [0.1, 0.15) is 0 Å². The predicted molar refractivity (Wildman–Crippen MR) is 97.4 cm³/mol. The van der Waals surface area contributed by atoms with E-state index in [0.29, 0.717) is 30.5 Å². The van der Waals surface area contributed by atoms with E-state index in [9.17, 15) is 9.59 Å². The largest absolute Gasteiger partial charge is 0.336 e. The molecule has 0 N–H and O–H groups in total. The first kappa shape index (κ1) is 16.8. The third-order valence-corrected chi connectivity index (χ3v) is 6.36. The van der Waals surface area contributed by atoms with E-state index >= 15 is 0 Å². The van der Waals surface area contributed by atoms with Crippen LogP contribution in [0.4, 0.5) is 0 Å². The summed E-state index contributed by atoms with van der Waals surface area (Å²) in [6, 6.07) is 10.4. The molecule has 0 spiro atoms. The highest BCUT2D eigenvalue weighted by atomic mass is 16.2. The molecule has 0 unspecified atom stereocenters. The average molecular weight is 340 g/mol. The molecule has 1 aromatic rings. The minimum absolute atomic E-state index is 0.198. The molecule has 2 saturated heterocycles. The lowest BCUT2D eigenvalue weighted by atomic mass is 9.84. The Morgan fingerprint density at radius 1 is 1.00 bits per heavy atom. The molecule has 4 nitrogen and oxygen atoms in total. The van der Waals surface area contributed by atoms with E-state index in [1.54, 1.807) is 0 Å². The van der Waals surface area contributed by atoms with Crippen LogP contribution < -0.4 is 0 Å². The molecule has 3 fully saturated rings. The summed E-state index contributed by atoms with van der Waals surface area (Å²) in [6.45, 7) is 2.34. The zero-order chi connectivity index (χ0) is 17.2.